The van der Waals surface area contributed by atoms with E-state index in [1.807, 2.05) is 41.5 Å². The molecule has 3 aromatic carbocycles. The van der Waals surface area contributed by atoms with Crippen molar-refractivity contribution in [1.29, 1.82) is 0 Å². The van der Waals surface area contributed by atoms with Crippen molar-refractivity contribution < 1.29 is 30.0 Å². The Balaban J connectivity index is 0.000000318. The van der Waals surface area contributed by atoms with E-state index in [4.69, 9.17) is 0 Å². The number of hydrogen-bond acceptors (Lipinski definition) is 4. The average Bonchev–Trinajstić information content (AvgIpc) is 2.99. The molecule has 4 aromatic rings. The van der Waals surface area contributed by atoms with E-state index >= 15 is 0 Å². The second kappa shape index (κ2) is 15.2. The predicted molar refractivity (Wildman–Crippen MR) is 178 cm³/mol. The predicted octanol–water partition coefficient (Wildman–Crippen LogP) is 10.6. The third-order valence-corrected chi connectivity index (χ3v) is 9.31. The molecule has 1 heterocycles. The van der Waals surface area contributed by atoms with Gasteiger partial charge in [-0.2, -0.15) is 0 Å². The summed E-state index contributed by atoms with van der Waals surface area (Å²) in [6.07, 6.45) is 6.43. The summed E-state index contributed by atoms with van der Waals surface area (Å²) in [7, 11) is 0. The van der Waals surface area contributed by atoms with Gasteiger partial charge in [-0.3, -0.25) is 9.78 Å². The van der Waals surface area contributed by atoms with Crippen LogP contribution in [-0.4, -0.2) is 20.9 Å². The standard InChI is InChI=1S/C23H21N2.C15H28O2.Ir/c1-14(2)19-7-5-6-17-8-9-20-22(24-13-25-23(20)21(17)19)18-11-15(3)10-16(4)12-18;1-7-14(5,8-2)12(16)11-13(17)15(6,9-3)10-4;/h5-11,13-14H,1-4H3;11,16H,7-10H2,1-6H3;/q-1;;/b;12-11-;. The molecule has 43 heavy (non-hydrogen) atoms. The Kier molecular flexibility index (Phi) is 12.8. The maximum absolute atomic E-state index is 12.2. The Labute approximate surface area is 272 Å². The van der Waals surface area contributed by atoms with Gasteiger partial charge in [0.05, 0.1) is 5.52 Å². The number of aliphatic hydroxyl groups excluding tert-OH is 1. The number of benzene rings is 3. The minimum Gasteiger partial charge on any atom is -0.512 e. The monoisotopic (exact) mass is 758 g/mol. The number of ketones is 1. The van der Waals surface area contributed by atoms with Gasteiger partial charge in [0.1, 0.15) is 12.1 Å². The molecule has 0 spiro atoms. The first-order valence-electron chi connectivity index (χ1n) is 15.5. The molecule has 5 heteroatoms. The number of hydrogen-bond donors (Lipinski definition) is 1. The van der Waals surface area contributed by atoms with E-state index in [-0.39, 0.29) is 42.5 Å². The van der Waals surface area contributed by atoms with Gasteiger partial charge in [0.25, 0.3) is 0 Å². The van der Waals surface area contributed by atoms with Crippen molar-refractivity contribution in [1.82, 2.24) is 9.97 Å². The molecular weight excluding hydrogens is 709 g/mol. The van der Waals surface area contributed by atoms with Crippen LogP contribution in [0.5, 0.6) is 0 Å². The molecule has 0 amide bonds. The van der Waals surface area contributed by atoms with E-state index in [1.54, 1.807) is 6.33 Å². The van der Waals surface area contributed by atoms with Gasteiger partial charge in [0, 0.05) is 42.4 Å². The molecule has 0 aliphatic rings. The summed E-state index contributed by atoms with van der Waals surface area (Å²) in [5.41, 5.74) is 6.10. The van der Waals surface area contributed by atoms with Crippen molar-refractivity contribution in [3.8, 4) is 11.3 Å². The van der Waals surface area contributed by atoms with E-state index in [1.165, 1.54) is 28.0 Å². The summed E-state index contributed by atoms with van der Waals surface area (Å²) in [6.45, 7) is 20.7. The summed E-state index contributed by atoms with van der Waals surface area (Å²) in [4.78, 5) is 21.4. The van der Waals surface area contributed by atoms with Crippen LogP contribution in [-0.2, 0) is 24.9 Å². The van der Waals surface area contributed by atoms with E-state index < -0.39 is 0 Å². The Hall–Kier alpha value is -2.88. The van der Waals surface area contributed by atoms with E-state index in [0.29, 0.717) is 5.92 Å². The van der Waals surface area contributed by atoms with Gasteiger partial charge in [0.2, 0.25) is 0 Å². The normalized spacial score (nSPS) is 12.2. The molecule has 0 aliphatic carbocycles. The van der Waals surface area contributed by atoms with Crippen LogP contribution in [0.1, 0.15) is 104 Å². The molecule has 0 saturated heterocycles. The summed E-state index contributed by atoms with van der Waals surface area (Å²) in [5, 5.41) is 13.7. The molecule has 0 atom stereocenters. The Morgan fingerprint density at radius 2 is 1.56 bits per heavy atom. The topological polar surface area (TPSA) is 63.1 Å². The Morgan fingerprint density at radius 1 is 0.930 bits per heavy atom. The van der Waals surface area contributed by atoms with Gasteiger partial charge in [0.15, 0.2) is 5.78 Å². The fourth-order valence-corrected chi connectivity index (χ4v) is 5.33. The molecule has 0 saturated carbocycles. The Bertz CT molecular complexity index is 1560. The molecule has 0 aliphatic heterocycles. The van der Waals surface area contributed by atoms with Crippen LogP contribution in [0.4, 0.5) is 0 Å². The van der Waals surface area contributed by atoms with Gasteiger partial charge >= 0.3 is 0 Å². The second-order valence-electron chi connectivity index (χ2n) is 12.5. The fraction of sp³-hybridized carbons (Fsp3) is 0.447. The molecular formula is C38H49IrN2O2-. The van der Waals surface area contributed by atoms with Crippen molar-refractivity contribution in [2.24, 2.45) is 10.8 Å². The van der Waals surface area contributed by atoms with Crippen LogP contribution >= 0.6 is 0 Å². The van der Waals surface area contributed by atoms with Gasteiger partial charge in [-0.05, 0) is 53.6 Å². The number of rotatable bonds is 9. The quantitative estimate of drug-likeness (QED) is 0.0799. The molecule has 1 N–H and O–H groups in total. The first kappa shape index (κ1) is 36.3. The first-order valence-corrected chi connectivity index (χ1v) is 15.5. The van der Waals surface area contributed by atoms with E-state index in [0.717, 1.165) is 53.4 Å². The van der Waals surface area contributed by atoms with Gasteiger partial charge < -0.3 is 5.11 Å². The van der Waals surface area contributed by atoms with Gasteiger partial charge in [-0.25, -0.2) is 4.98 Å². The largest absolute Gasteiger partial charge is 0.512 e. The number of aryl methyl sites for hydroxylation is 2. The molecule has 4 rings (SSSR count). The number of carbonyl (C=O) groups excluding carboxylic acids is 1. The van der Waals surface area contributed by atoms with Crippen LogP contribution < -0.4 is 0 Å². The molecule has 0 unspecified atom stereocenters. The number of fused-ring (bicyclic) bond motifs is 3. The van der Waals surface area contributed by atoms with Crippen molar-refractivity contribution in [2.75, 3.05) is 0 Å². The van der Waals surface area contributed by atoms with E-state index in [2.05, 4.69) is 86.2 Å². The summed E-state index contributed by atoms with van der Waals surface area (Å²) in [6, 6.07) is 18.5. The van der Waals surface area contributed by atoms with Crippen molar-refractivity contribution in [3.05, 3.63) is 83.4 Å². The summed E-state index contributed by atoms with van der Waals surface area (Å²) >= 11 is 0. The number of aliphatic hydroxyl groups is 1. The minimum absolute atomic E-state index is 0. The summed E-state index contributed by atoms with van der Waals surface area (Å²) in [5.74, 6) is 0.731. The molecule has 0 bridgehead atoms. The zero-order valence-electron chi connectivity index (χ0n) is 27.7. The zero-order chi connectivity index (χ0) is 31.2. The van der Waals surface area contributed by atoms with Crippen LogP contribution in [0.3, 0.4) is 0 Å². The number of allylic oxidation sites excluding steroid dienone is 2. The Morgan fingerprint density at radius 3 is 2.12 bits per heavy atom. The molecule has 1 radical (unpaired) electrons. The third-order valence-electron chi connectivity index (χ3n) is 9.31. The number of nitrogens with zero attached hydrogens (tertiary/aromatic N) is 2. The number of carbonyl (C=O) groups is 1. The second-order valence-corrected chi connectivity index (χ2v) is 12.5. The van der Waals surface area contributed by atoms with E-state index in [9.17, 15) is 9.90 Å². The van der Waals surface area contributed by atoms with Crippen LogP contribution in [0.25, 0.3) is 32.9 Å². The molecule has 233 valence electrons. The van der Waals surface area contributed by atoms with Crippen molar-refractivity contribution in [3.63, 3.8) is 0 Å². The summed E-state index contributed by atoms with van der Waals surface area (Å²) < 4.78 is 0. The van der Waals surface area contributed by atoms with Crippen molar-refractivity contribution in [2.45, 2.75) is 101 Å². The van der Waals surface area contributed by atoms with Crippen LogP contribution in [0, 0.1) is 30.7 Å². The van der Waals surface area contributed by atoms with Gasteiger partial charge in [-0.1, -0.05) is 99.6 Å². The van der Waals surface area contributed by atoms with Gasteiger partial charge in [-0.15, -0.1) is 34.9 Å². The smallest absolute Gasteiger partial charge is 0.164 e. The number of aromatic nitrogens is 2. The maximum atomic E-state index is 12.2. The maximum Gasteiger partial charge on any atom is 0.164 e. The third kappa shape index (κ3) is 7.99. The minimum atomic E-state index is -0.337. The zero-order valence-corrected chi connectivity index (χ0v) is 30.1. The molecule has 0 fully saturated rings. The fourth-order valence-electron chi connectivity index (χ4n) is 5.33. The first-order chi connectivity index (χ1) is 19.8. The molecule has 1 aromatic heterocycles. The van der Waals surface area contributed by atoms with Crippen LogP contribution in [0.15, 0.2) is 60.6 Å². The molecule has 4 nitrogen and oxygen atoms in total. The van der Waals surface area contributed by atoms with Crippen LogP contribution in [0.2, 0.25) is 0 Å². The van der Waals surface area contributed by atoms with Crippen molar-refractivity contribution >= 4 is 27.5 Å². The SMILES string of the molecule is CCC(C)(CC)C(=O)/C=C(\O)C(C)(CC)CC.Cc1[c-]c(-c2ncnc3c2ccc2cccc(C(C)C)c23)cc(C)c1.[Ir]. The average molecular weight is 758 g/mol.